The van der Waals surface area contributed by atoms with Crippen molar-refractivity contribution in [2.75, 3.05) is 11.4 Å². The van der Waals surface area contributed by atoms with Crippen LogP contribution in [0.5, 0.6) is 0 Å². The third kappa shape index (κ3) is 4.57. The standard InChI is InChI=1S/C18H25N3/c1-3-16(19)13-15-8-10-18(11-9-15)21(4-2)14-17-7-5-6-12-20-17/h5-12,16H,3-4,13-14,19H2,1-2H3. The van der Waals surface area contributed by atoms with Crippen LogP contribution in [0.4, 0.5) is 5.69 Å². The predicted octanol–water partition coefficient (Wildman–Crippen LogP) is 3.39. The third-order valence-corrected chi connectivity index (χ3v) is 3.78. The summed E-state index contributed by atoms with van der Waals surface area (Å²) in [6.45, 7) is 6.10. The van der Waals surface area contributed by atoms with Crippen molar-refractivity contribution in [2.45, 2.75) is 39.3 Å². The van der Waals surface area contributed by atoms with E-state index >= 15 is 0 Å². The van der Waals surface area contributed by atoms with E-state index < -0.39 is 0 Å². The van der Waals surface area contributed by atoms with Crippen LogP contribution in [0.2, 0.25) is 0 Å². The van der Waals surface area contributed by atoms with Gasteiger partial charge in [0.1, 0.15) is 0 Å². The normalized spacial score (nSPS) is 12.1. The first-order chi connectivity index (χ1) is 10.2. The molecule has 1 heterocycles. The Morgan fingerprint density at radius 2 is 1.86 bits per heavy atom. The van der Waals surface area contributed by atoms with Crippen LogP contribution in [0.25, 0.3) is 0 Å². The third-order valence-electron chi connectivity index (χ3n) is 3.78. The van der Waals surface area contributed by atoms with Gasteiger partial charge in [-0.1, -0.05) is 25.1 Å². The largest absolute Gasteiger partial charge is 0.366 e. The highest BCUT2D eigenvalue weighted by molar-refractivity contribution is 5.47. The van der Waals surface area contributed by atoms with Crippen LogP contribution < -0.4 is 10.6 Å². The van der Waals surface area contributed by atoms with E-state index in [0.29, 0.717) is 0 Å². The molecule has 0 bridgehead atoms. The lowest BCUT2D eigenvalue weighted by Gasteiger charge is -2.23. The number of rotatable bonds is 7. The molecule has 3 nitrogen and oxygen atoms in total. The van der Waals surface area contributed by atoms with Gasteiger partial charge in [0.25, 0.3) is 0 Å². The van der Waals surface area contributed by atoms with Crippen molar-refractivity contribution in [3.05, 3.63) is 59.9 Å². The van der Waals surface area contributed by atoms with Crippen molar-refractivity contribution in [1.82, 2.24) is 4.98 Å². The average Bonchev–Trinajstić information content (AvgIpc) is 2.54. The number of benzene rings is 1. The van der Waals surface area contributed by atoms with Gasteiger partial charge in [-0.3, -0.25) is 4.98 Å². The molecular weight excluding hydrogens is 258 g/mol. The van der Waals surface area contributed by atoms with Gasteiger partial charge < -0.3 is 10.6 Å². The summed E-state index contributed by atoms with van der Waals surface area (Å²) in [5.41, 5.74) is 9.65. The van der Waals surface area contributed by atoms with Crippen LogP contribution in [0.3, 0.4) is 0 Å². The second kappa shape index (κ2) is 7.79. The summed E-state index contributed by atoms with van der Waals surface area (Å²) in [6.07, 6.45) is 3.81. The molecule has 0 saturated heterocycles. The molecule has 0 aliphatic rings. The molecule has 0 aliphatic carbocycles. The Morgan fingerprint density at radius 1 is 1.10 bits per heavy atom. The maximum Gasteiger partial charge on any atom is 0.0601 e. The van der Waals surface area contributed by atoms with Crippen molar-refractivity contribution < 1.29 is 0 Å². The van der Waals surface area contributed by atoms with E-state index in [1.807, 2.05) is 18.3 Å². The highest BCUT2D eigenvalue weighted by Gasteiger charge is 2.07. The van der Waals surface area contributed by atoms with Crippen LogP contribution in [0.1, 0.15) is 31.5 Å². The van der Waals surface area contributed by atoms with Crippen LogP contribution in [-0.2, 0) is 13.0 Å². The van der Waals surface area contributed by atoms with E-state index in [-0.39, 0.29) is 6.04 Å². The summed E-state index contributed by atoms with van der Waals surface area (Å²) < 4.78 is 0. The topological polar surface area (TPSA) is 42.1 Å². The van der Waals surface area contributed by atoms with Crippen molar-refractivity contribution in [1.29, 1.82) is 0 Å². The molecule has 0 radical (unpaired) electrons. The molecule has 3 heteroatoms. The average molecular weight is 283 g/mol. The highest BCUT2D eigenvalue weighted by atomic mass is 15.1. The van der Waals surface area contributed by atoms with Crippen LogP contribution in [0.15, 0.2) is 48.7 Å². The van der Waals surface area contributed by atoms with E-state index in [0.717, 1.165) is 31.6 Å². The fourth-order valence-electron chi connectivity index (χ4n) is 2.36. The molecule has 1 unspecified atom stereocenters. The van der Waals surface area contributed by atoms with Gasteiger partial charge in [0, 0.05) is 24.5 Å². The van der Waals surface area contributed by atoms with Crippen molar-refractivity contribution in [2.24, 2.45) is 5.73 Å². The molecule has 1 atom stereocenters. The molecule has 1 aromatic carbocycles. The van der Waals surface area contributed by atoms with Crippen LogP contribution in [-0.4, -0.2) is 17.6 Å². The Bertz CT molecular complexity index is 522. The Morgan fingerprint density at radius 3 is 2.43 bits per heavy atom. The van der Waals surface area contributed by atoms with Gasteiger partial charge in [-0.05, 0) is 49.6 Å². The van der Waals surface area contributed by atoms with Crippen LogP contribution in [0, 0.1) is 0 Å². The van der Waals surface area contributed by atoms with Gasteiger partial charge in [-0.25, -0.2) is 0 Å². The minimum atomic E-state index is 0.256. The Labute approximate surface area is 127 Å². The molecule has 2 aromatic rings. The summed E-state index contributed by atoms with van der Waals surface area (Å²) in [7, 11) is 0. The maximum absolute atomic E-state index is 6.01. The fraction of sp³-hybridized carbons (Fsp3) is 0.389. The quantitative estimate of drug-likeness (QED) is 0.847. The van der Waals surface area contributed by atoms with Crippen molar-refractivity contribution in [3.8, 4) is 0 Å². The second-order valence-electron chi connectivity index (χ2n) is 5.37. The van der Waals surface area contributed by atoms with Gasteiger partial charge in [0.2, 0.25) is 0 Å². The Balaban J connectivity index is 2.05. The summed E-state index contributed by atoms with van der Waals surface area (Å²) in [6, 6.07) is 15.0. The number of hydrogen-bond donors (Lipinski definition) is 1. The monoisotopic (exact) mass is 283 g/mol. The van der Waals surface area contributed by atoms with Crippen molar-refractivity contribution >= 4 is 5.69 Å². The second-order valence-corrected chi connectivity index (χ2v) is 5.37. The Hall–Kier alpha value is -1.87. The fourth-order valence-corrected chi connectivity index (χ4v) is 2.36. The minimum Gasteiger partial charge on any atom is -0.366 e. The molecule has 112 valence electrons. The zero-order chi connectivity index (χ0) is 15.1. The number of nitrogens with zero attached hydrogens (tertiary/aromatic N) is 2. The summed E-state index contributed by atoms with van der Waals surface area (Å²) in [5.74, 6) is 0. The predicted molar refractivity (Wildman–Crippen MR) is 89.4 cm³/mol. The Kier molecular flexibility index (Phi) is 5.76. The molecule has 0 amide bonds. The lowest BCUT2D eigenvalue weighted by molar-refractivity contribution is 0.646. The zero-order valence-corrected chi connectivity index (χ0v) is 13.0. The van der Waals surface area contributed by atoms with Crippen LogP contribution >= 0.6 is 0 Å². The maximum atomic E-state index is 6.01. The van der Waals surface area contributed by atoms with E-state index in [4.69, 9.17) is 5.73 Å². The lowest BCUT2D eigenvalue weighted by Crippen LogP contribution is -2.23. The first-order valence-corrected chi connectivity index (χ1v) is 7.72. The molecule has 2 rings (SSSR count). The summed E-state index contributed by atoms with van der Waals surface area (Å²) in [5, 5.41) is 0. The molecule has 0 spiro atoms. The molecule has 21 heavy (non-hydrogen) atoms. The lowest BCUT2D eigenvalue weighted by atomic mass is 10.0. The molecule has 0 aliphatic heterocycles. The number of aromatic nitrogens is 1. The molecule has 1 aromatic heterocycles. The van der Waals surface area contributed by atoms with Gasteiger partial charge in [-0.2, -0.15) is 0 Å². The van der Waals surface area contributed by atoms with Crippen molar-refractivity contribution in [3.63, 3.8) is 0 Å². The highest BCUT2D eigenvalue weighted by Crippen LogP contribution is 2.18. The van der Waals surface area contributed by atoms with E-state index in [1.165, 1.54) is 11.3 Å². The van der Waals surface area contributed by atoms with E-state index in [2.05, 4.69) is 54.1 Å². The number of anilines is 1. The number of pyridine rings is 1. The zero-order valence-electron chi connectivity index (χ0n) is 13.0. The molecule has 0 fully saturated rings. The number of hydrogen-bond acceptors (Lipinski definition) is 3. The first kappa shape index (κ1) is 15.5. The minimum absolute atomic E-state index is 0.256. The molecule has 2 N–H and O–H groups in total. The van der Waals surface area contributed by atoms with Gasteiger partial charge in [-0.15, -0.1) is 0 Å². The van der Waals surface area contributed by atoms with Gasteiger partial charge >= 0.3 is 0 Å². The van der Waals surface area contributed by atoms with E-state index in [1.54, 1.807) is 0 Å². The molecule has 0 saturated carbocycles. The first-order valence-electron chi connectivity index (χ1n) is 7.72. The summed E-state index contributed by atoms with van der Waals surface area (Å²) >= 11 is 0. The van der Waals surface area contributed by atoms with Gasteiger partial charge in [0.15, 0.2) is 0 Å². The molecular formula is C18H25N3. The van der Waals surface area contributed by atoms with E-state index in [9.17, 15) is 0 Å². The summed E-state index contributed by atoms with van der Waals surface area (Å²) in [4.78, 5) is 6.73. The SMILES string of the molecule is CCC(N)Cc1ccc(N(CC)Cc2ccccn2)cc1. The smallest absolute Gasteiger partial charge is 0.0601 e. The number of nitrogens with two attached hydrogens (primary N) is 1. The van der Waals surface area contributed by atoms with Gasteiger partial charge in [0.05, 0.1) is 12.2 Å².